The molecule has 4 fully saturated rings. The topological polar surface area (TPSA) is 39.2 Å². The van der Waals surface area contributed by atoms with E-state index in [-0.39, 0.29) is 0 Å². The van der Waals surface area contributed by atoms with Crippen LogP contribution in [0.3, 0.4) is 0 Å². The van der Waals surface area contributed by atoms with Crippen LogP contribution >= 0.6 is 0 Å². The lowest BCUT2D eigenvalue weighted by Crippen LogP contribution is -2.54. The lowest BCUT2D eigenvalue weighted by atomic mass is 9.47. The van der Waals surface area contributed by atoms with Gasteiger partial charge in [0.2, 0.25) is 0 Å². The Labute approximate surface area is 115 Å². The van der Waals surface area contributed by atoms with Crippen molar-refractivity contribution in [2.45, 2.75) is 57.4 Å². The Hall–Kier alpha value is -0.760. The van der Waals surface area contributed by atoms with Gasteiger partial charge in [-0.25, -0.2) is 0 Å². The van der Waals surface area contributed by atoms with Crippen LogP contribution < -0.4 is 5.73 Å². The van der Waals surface area contributed by atoms with Gasteiger partial charge in [0.1, 0.15) is 5.76 Å². The van der Waals surface area contributed by atoms with Gasteiger partial charge in [-0.3, -0.25) is 0 Å². The Morgan fingerprint density at radius 2 is 1.79 bits per heavy atom. The fourth-order valence-corrected chi connectivity index (χ4v) is 5.69. The summed E-state index contributed by atoms with van der Waals surface area (Å²) in [5.74, 6) is 4.10. The molecule has 104 valence electrons. The summed E-state index contributed by atoms with van der Waals surface area (Å²) in [6, 6.07) is 4.43. The summed E-state index contributed by atoms with van der Waals surface area (Å²) < 4.78 is 5.45. The Morgan fingerprint density at radius 3 is 2.32 bits per heavy atom. The molecule has 4 saturated carbocycles. The van der Waals surface area contributed by atoms with E-state index in [0.29, 0.717) is 11.5 Å². The van der Waals surface area contributed by atoms with E-state index in [0.717, 1.165) is 36.4 Å². The second-order valence-electron chi connectivity index (χ2n) is 7.50. The fourth-order valence-electron chi connectivity index (χ4n) is 5.69. The highest BCUT2D eigenvalue weighted by Crippen LogP contribution is 2.61. The van der Waals surface area contributed by atoms with Crippen LogP contribution in [-0.2, 0) is 6.42 Å². The van der Waals surface area contributed by atoms with Gasteiger partial charge in [0, 0.05) is 12.5 Å². The summed E-state index contributed by atoms with van der Waals surface area (Å²) in [7, 11) is 0. The highest BCUT2D eigenvalue weighted by molar-refractivity contribution is 5.06. The zero-order valence-corrected chi connectivity index (χ0v) is 11.7. The molecule has 1 aromatic heterocycles. The number of aryl methyl sites for hydroxylation is 1. The number of furan rings is 1. The minimum atomic E-state index is 0.381. The maximum absolute atomic E-state index is 6.65. The van der Waals surface area contributed by atoms with Crippen LogP contribution in [0.2, 0.25) is 0 Å². The predicted octanol–water partition coefficient (Wildman–Crippen LogP) is 3.76. The summed E-state index contributed by atoms with van der Waals surface area (Å²) in [5.41, 5.74) is 7.14. The number of nitrogens with two attached hydrogens (primary N) is 1. The van der Waals surface area contributed by atoms with E-state index >= 15 is 0 Å². The van der Waals surface area contributed by atoms with E-state index in [1.54, 1.807) is 6.26 Å². The van der Waals surface area contributed by atoms with Crippen LogP contribution in [0.25, 0.3) is 0 Å². The van der Waals surface area contributed by atoms with Crippen molar-refractivity contribution in [2.75, 3.05) is 0 Å². The summed E-state index contributed by atoms with van der Waals surface area (Å²) in [6.45, 7) is 0. The number of hydrogen-bond donors (Lipinski definition) is 1. The van der Waals surface area contributed by atoms with Gasteiger partial charge in [-0.15, -0.1) is 0 Å². The molecule has 4 bridgehead atoms. The molecule has 1 aromatic rings. The molecule has 0 aromatic carbocycles. The number of rotatable bonds is 4. The first kappa shape index (κ1) is 12.0. The lowest BCUT2D eigenvalue weighted by Gasteiger charge is -2.59. The third-order valence-corrected chi connectivity index (χ3v) is 6.15. The lowest BCUT2D eigenvalue weighted by molar-refractivity contribution is -0.0682. The van der Waals surface area contributed by atoms with Crippen LogP contribution in [0.5, 0.6) is 0 Å². The summed E-state index contributed by atoms with van der Waals surface area (Å²) in [6.07, 6.45) is 12.6. The average molecular weight is 259 g/mol. The molecule has 0 amide bonds. The normalized spacial score (nSPS) is 41.6. The van der Waals surface area contributed by atoms with E-state index in [1.165, 1.54) is 38.5 Å². The smallest absolute Gasteiger partial charge is 0.103 e. The molecule has 0 saturated heterocycles. The third-order valence-electron chi connectivity index (χ3n) is 6.15. The van der Waals surface area contributed by atoms with Crippen LogP contribution in [0, 0.1) is 23.2 Å². The Kier molecular flexibility index (Phi) is 2.77. The average Bonchev–Trinajstić information content (AvgIpc) is 2.87. The standard InChI is InChI=1S/C17H25NO/c18-16(4-3-15-2-1-5-19-15)17-9-12-6-13(10-17)8-14(7-12)11-17/h1-2,5,12-14,16H,3-4,6-11,18H2. The van der Waals surface area contributed by atoms with Crippen molar-refractivity contribution in [3.05, 3.63) is 24.2 Å². The van der Waals surface area contributed by atoms with Gasteiger partial charge in [0.25, 0.3) is 0 Å². The van der Waals surface area contributed by atoms with Crippen molar-refractivity contribution in [1.82, 2.24) is 0 Å². The predicted molar refractivity (Wildman–Crippen MR) is 75.6 cm³/mol. The van der Waals surface area contributed by atoms with Crippen LogP contribution in [-0.4, -0.2) is 6.04 Å². The first-order chi connectivity index (χ1) is 9.23. The van der Waals surface area contributed by atoms with E-state index < -0.39 is 0 Å². The third kappa shape index (κ3) is 2.05. The summed E-state index contributed by atoms with van der Waals surface area (Å²) in [4.78, 5) is 0. The van der Waals surface area contributed by atoms with Gasteiger partial charge in [-0.05, 0) is 80.2 Å². The molecule has 19 heavy (non-hydrogen) atoms. The molecule has 1 atom stereocenters. The van der Waals surface area contributed by atoms with Gasteiger partial charge in [0.05, 0.1) is 6.26 Å². The van der Waals surface area contributed by atoms with E-state index in [1.807, 2.05) is 6.07 Å². The van der Waals surface area contributed by atoms with E-state index in [2.05, 4.69) is 6.07 Å². The van der Waals surface area contributed by atoms with Gasteiger partial charge >= 0.3 is 0 Å². The van der Waals surface area contributed by atoms with Crippen molar-refractivity contribution in [1.29, 1.82) is 0 Å². The molecule has 1 unspecified atom stereocenters. The van der Waals surface area contributed by atoms with E-state index in [9.17, 15) is 0 Å². The first-order valence-electron chi connectivity index (χ1n) is 8.01. The molecule has 2 nitrogen and oxygen atoms in total. The largest absolute Gasteiger partial charge is 0.469 e. The maximum atomic E-state index is 6.65. The minimum absolute atomic E-state index is 0.381. The fraction of sp³-hybridized carbons (Fsp3) is 0.765. The summed E-state index contributed by atoms with van der Waals surface area (Å²) >= 11 is 0. The zero-order chi connectivity index (χ0) is 12.9. The van der Waals surface area contributed by atoms with Crippen molar-refractivity contribution in [3.8, 4) is 0 Å². The van der Waals surface area contributed by atoms with Crippen molar-refractivity contribution < 1.29 is 4.42 Å². The van der Waals surface area contributed by atoms with Crippen LogP contribution in [0.4, 0.5) is 0 Å². The molecule has 5 rings (SSSR count). The second kappa shape index (κ2) is 4.37. The molecule has 2 N–H and O–H groups in total. The zero-order valence-electron chi connectivity index (χ0n) is 11.7. The molecule has 0 radical (unpaired) electrons. The number of hydrogen-bond acceptors (Lipinski definition) is 2. The monoisotopic (exact) mass is 259 g/mol. The molecule has 4 aliphatic rings. The van der Waals surface area contributed by atoms with Crippen molar-refractivity contribution in [2.24, 2.45) is 28.9 Å². The summed E-state index contributed by atoms with van der Waals surface area (Å²) in [5, 5.41) is 0. The Balaban J connectivity index is 1.45. The van der Waals surface area contributed by atoms with Gasteiger partial charge in [-0.2, -0.15) is 0 Å². The molecule has 1 heterocycles. The van der Waals surface area contributed by atoms with Crippen molar-refractivity contribution >= 4 is 0 Å². The second-order valence-corrected chi connectivity index (χ2v) is 7.50. The van der Waals surface area contributed by atoms with Crippen LogP contribution in [0.1, 0.15) is 50.7 Å². The maximum Gasteiger partial charge on any atom is 0.103 e. The van der Waals surface area contributed by atoms with Gasteiger partial charge < -0.3 is 10.2 Å². The molecular formula is C17H25NO. The minimum Gasteiger partial charge on any atom is -0.469 e. The molecule has 2 heteroatoms. The Bertz CT molecular complexity index is 401. The molecule has 0 aliphatic heterocycles. The molecular weight excluding hydrogens is 234 g/mol. The van der Waals surface area contributed by atoms with Gasteiger partial charge in [-0.1, -0.05) is 0 Å². The molecule has 0 spiro atoms. The van der Waals surface area contributed by atoms with Gasteiger partial charge in [0.15, 0.2) is 0 Å². The quantitative estimate of drug-likeness (QED) is 0.894. The molecule has 4 aliphatic carbocycles. The van der Waals surface area contributed by atoms with Crippen LogP contribution in [0.15, 0.2) is 22.8 Å². The Morgan fingerprint density at radius 1 is 1.16 bits per heavy atom. The highest BCUT2D eigenvalue weighted by Gasteiger charge is 2.53. The van der Waals surface area contributed by atoms with E-state index in [4.69, 9.17) is 10.2 Å². The SMILES string of the molecule is NC(CCc1ccco1)C12CC3CC(CC(C3)C1)C2. The first-order valence-corrected chi connectivity index (χ1v) is 8.01. The highest BCUT2D eigenvalue weighted by atomic mass is 16.3. The van der Waals surface area contributed by atoms with Crippen molar-refractivity contribution in [3.63, 3.8) is 0 Å².